The lowest BCUT2D eigenvalue weighted by molar-refractivity contribution is -0.135. The molecule has 1 aromatic carbocycles. The number of nitrogens with zero attached hydrogens (tertiary/aromatic N) is 3. The van der Waals surface area contributed by atoms with Crippen LogP contribution in [-0.4, -0.2) is 47.3 Å². The van der Waals surface area contributed by atoms with E-state index in [9.17, 15) is 4.79 Å². The molecular formula is C25H27N3O3S. The van der Waals surface area contributed by atoms with Gasteiger partial charge < -0.3 is 9.15 Å². The molecule has 32 heavy (non-hydrogen) atoms. The van der Waals surface area contributed by atoms with Crippen LogP contribution in [0, 0.1) is 0 Å². The monoisotopic (exact) mass is 449 g/mol. The number of thiophene rings is 1. The first-order valence-corrected chi connectivity index (χ1v) is 12.0. The molecule has 6 nitrogen and oxygen atoms in total. The molecular weight excluding hydrogens is 422 g/mol. The summed E-state index contributed by atoms with van der Waals surface area (Å²) in [5.41, 5.74) is 2.14. The number of hydrogen-bond acceptors (Lipinski definition) is 6. The van der Waals surface area contributed by atoms with E-state index in [1.54, 1.807) is 22.6 Å². The van der Waals surface area contributed by atoms with Crippen molar-refractivity contribution in [3.8, 4) is 0 Å². The summed E-state index contributed by atoms with van der Waals surface area (Å²) in [6, 6.07) is 17.9. The van der Waals surface area contributed by atoms with Gasteiger partial charge >= 0.3 is 0 Å². The van der Waals surface area contributed by atoms with Crippen LogP contribution < -0.4 is 0 Å². The lowest BCUT2D eigenvalue weighted by Gasteiger charge is -2.32. The van der Waals surface area contributed by atoms with Crippen molar-refractivity contribution in [3.05, 3.63) is 82.4 Å². The molecule has 0 radical (unpaired) electrons. The summed E-state index contributed by atoms with van der Waals surface area (Å²) in [6.45, 7) is 2.71. The van der Waals surface area contributed by atoms with Gasteiger partial charge in [0, 0.05) is 19.5 Å². The molecule has 0 saturated carbocycles. The molecule has 166 valence electrons. The van der Waals surface area contributed by atoms with Crippen LogP contribution in [-0.2, 0) is 16.1 Å². The number of benzene rings is 1. The van der Waals surface area contributed by atoms with Crippen LogP contribution >= 0.6 is 11.3 Å². The molecule has 1 fully saturated rings. The van der Waals surface area contributed by atoms with Gasteiger partial charge in [0.1, 0.15) is 11.8 Å². The number of carbonyl (C=O) groups is 1. The Kier molecular flexibility index (Phi) is 6.48. The quantitative estimate of drug-likeness (QED) is 0.525. The number of ether oxygens (including phenoxy) is 1. The maximum atomic E-state index is 13.2. The molecule has 7 heteroatoms. The van der Waals surface area contributed by atoms with Crippen LogP contribution in [0.5, 0.6) is 0 Å². The Morgan fingerprint density at radius 1 is 1.09 bits per heavy atom. The second-order valence-corrected chi connectivity index (χ2v) is 9.22. The third kappa shape index (κ3) is 4.85. The van der Waals surface area contributed by atoms with Gasteiger partial charge in [-0.3, -0.25) is 9.69 Å². The number of furan rings is 1. The highest BCUT2D eigenvalue weighted by Gasteiger charge is 2.36. The molecule has 0 bridgehead atoms. The summed E-state index contributed by atoms with van der Waals surface area (Å²) in [4.78, 5) is 16.5. The van der Waals surface area contributed by atoms with Crippen molar-refractivity contribution in [2.45, 2.75) is 38.0 Å². The summed E-state index contributed by atoms with van der Waals surface area (Å²) in [7, 11) is 0. The molecule has 0 aliphatic carbocycles. The standard InChI is InChI=1S/C25H27N3O3S/c29-25(17-27-12-10-20(11-13-27)31-18-19-6-2-1-3-7-19)28-22(23-8-4-14-30-23)16-21(26-28)24-9-5-15-32-24/h1-9,14-15,20,22H,10-13,16-18H2. The van der Waals surface area contributed by atoms with Crippen LogP contribution in [0.2, 0.25) is 0 Å². The summed E-state index contributed by atoms with van der Waals surface area (Å²) in [5.74, 6) is 0.795. The molecule has 1 unspecified atom stereocenters. The van der Waals surface area contributed by atoms with Crippen molar-refractivity contribution in [1.82, 2.24) is 9.91 Å². The Morgan fingerprint density at radius 2 is 1.94 bits per heavy atom. The van der Waals surface area contributed by atoms with E-state index >= 15 is 0 Å². The fourth-order valence-corrected chi connectivity index (χ4v) is 5.04. The molecule has 0 N–H and O–H groups in total. The zero-order valence-electron chi connectivity index (χ0n) is 17.9. The molecule has 2 aliphatic heterocycles. The van der Waals surface area contributed by atoms with Crippen LogP contribution in [0.4, 0.5) is 0 Å². The van der Waals surface area contributed by atoms with E-state index in [1.165, 1.54) is 5.56 Å². The summed E-state index contributed by atoms with van der Waals surface area (Å²) in [6.07, 6.45) is 4.44. The average molecular weight is 450 g/mol. The van der Waals surface area contributed by atoms with Crippen LogP contribution in [0.25, 0.3) is 0 Å². The van der Waals surface area contributed by atoms with Gasteiger partial charge in [0.25, 0.3) is 5.91 Å². The zero-order chi connectivity index (χ0) is 21.8. The minimum atomic E-state index is -0.179. The number of piperidine rings is 1. The summed E-state index contributed by atoms with van der Waals surface area (Å²) >= 11 is 1.65. The van der Waals surface area contributed by atoms with E-state index < -0.39 is 0 Å². The molecule has 1 atom stereocenters. The zero-order valence-corrected chi connectivity index (χ0v) is 18.7. The molecule has 2 aliphatic rings. The first-order valence-electron chi connectivity index (χ1n) is 11.1. The topological polar surface area (TPSA) is 58.3 Å². The second-order valence-electron chi connectivity index (χ2n) is 8.27. The molecule has 0 spiro atoms. The van der Waals surface area contributed by atoms with Gasteiger partial charge in [-0.15, -0.1) is 11.3 Å². The minimum absolute atomic E-state index is 0.0154. The van der Waals surface area contributed by atoms with Gasteiger partial charge in [-0.25, -0.2) is 5.01 Å². The Balaban J connectivity index is 1.17. The molecule has 2 aromatic heterocycles. The summed E-state index contributed by atoms with van der Waals surface area (Å²) < 4.78 is 11.7. The van der Waals surface area contributed by atoms with Crippen molar-refractivity contribution < 1.29 is 13.9 Å². The SMILES string of the molecule is O=C(CN1CCC(OCc2ccccc2)CC1)N1N=C(c2cccs2)CC1c1ccco1. The van der Waals surface area contributed by atoms with Gasteiger partial charge in [0.05, 0.1) is 36.1 Å². The van der Waals surface area contributed by atoms with E-state index in [0.29, 0.717) is 19.6 Å². The Hall–Kier alpha value is -2.74. The fraction of sp³-hybridized carbons (Fsp3) is 0.360. The van der Waals surface area contributed by atoms with Crippen molar-refractivity contribution in [2.75, 3.05) is 19.6 Å². The van der Waals surface area contributed by atoms with E-state index in [0.717, 1.165) is 42.3 Å². The van der Waals surface area contributed by atoms with Crippen LogP contribution in [0.1, 0.15) is 41.5 Å². The maximum Gasteiger partial charge on any atom is 0.257 e. The molecule has 1 amide bonds. The number of carbonyl (C=O) groups excluding carboxylic acids is 1. The van der Waals surface area contributed by atoms with E-state index in [4.69, 9.17) is 14.3 Å². The normalized spacial score (nSPS) is 19.9. The van der Waals surface area contributed by atoms with Crippen molar-refractivity contribution in [2.24, 2.45) is 5.10 Å². The third-order valence-corrected chi connectivity index (χ3v) is 6.98. The van der Waals surface area contributed by atoms with Crippen molar-refractivity contribution >= 4 is 23.0 Å². The second kappa shape index (κ2) is 9.81. The largest absolute Gasteiger partial charge is 0.467 e. The van der Waals surface area contributed by atoms with Crippen molar-refractivity contribution in [3.63, 3.8) is 0 Å². The van der Waals surface area contributed by atoms with Crippen molar-refractivity contribution in [1.29, 1.82) is 0 Å². The minimum Gasteiger partial charge on any atom is -0.467 e. The highest BCUT2D eigenvalue weighted by atomic mass is 32.1. The third-order valence-electron chi connectivity index (χ3n) is 6.07. The van der Waals surface area contributed by atoms with Crippen LogP contribution in [0.3, 0.4) is 0 Å². The number of hydrazone groups is 1. The van der Waals surface area contributed by atoms with Gasteiger partial charge in [-0.05, 0) is 42.0 Å². The Morgan fingerprint density at radius 3 is 2.66 bits per heavy atom. The van der Waals surface area contributed by atoms with E-state index in [2.05, 4.69) is 23.1 Å². The maximum absolute atomic E-state index is 13.2. The Labute approximate surface area is 192 Å². The molecule has 5 rings (SSSR count). The average Bonchev–Trinajstić information content (AvgIpc) is 3.60. The van der Waals surface area contributed by atoms with Gasteiger partial charge in [0.2, 0.25) is 0 Å². The molecule has 1 saturated heterocycles. The highest BCUT2D eigenvalue weighted by molar-refractivity contribution is 7.12. The molecule has 3 aromatic rings. The lowest BCUT2D eigenvalue weighted by Crippen LogP contribution is -2.43. The van der Waals surface area contributed by atoms with Gasteiger partial charge in [0.15, 0.2) is 0 Å². The first kappa shape index (κ1) is 21.1. The highest BCUT2D eigenvalue weighted by Crippen LogP contribution is 2.34. The number of likely N-dealkylation sites (tertiary alicyclic amines) is 1. The van der Waals surface area contributed by atoms with Crippen LogP contribution in [0.15, 0.2) is 75.8 Å². The predicted octanol–water partition coefficient (Wildman–Crippen LogP) is 4.70. The summed E-state index contributed by atoms with van der Waals surface area (Å²) in [5, 5.41) is 8.38. The smallest absolute Gasteiger partial charge is 0.257 e. The lowest BCUT2D eigenvalue weighted by atomic mass is 10.1. The van der Waals surface area contributed by atoms with Gasteiger partial charge in [-0.1, -0.05) is 36.4 Å². The van der Waals surface area contributed by atoms with Gasteiger partial charge in [-0.2, -0.15) is 5.10 Å². The number of amides is 1. The first-order chi connectivity index (χ1) is 15.8. The van der Waals surface area contributed by atoms with E-state index in [-0.39, 0.29) is 18.1 Å². The van der Waals surface area contributed by atoms with E-state index in [1.807, 2.05) is 41.8 Å². The predicted molar refractivity (Wildman–Crippen MR) is 124 cm³/mol. The molecule has 4 heterocycles. The fourth-order valence-electron chi connectivity index (χ4n) is 4.32. The Bertz CT molecular complexity index is 1030. The number of rotatable bonds is 7. The number of hydrogen-bond donors (Lipinski definition) is 0.